The molecule has 1 aliphatic heterocycles. The van der Waals surface area contributed by atoms with E-state index in [9.17, 15) is 13.2 Å². The molecule has 0 spiro atoms. The smallest absolute Gasteiger partial charge is 0.228 e. The maximum absolute atomic E-state index is 12.5. The van der Waals surface area contributed by atoms with E-state index in [4.69, 9.17) is 34.8 Å². The normalized spacial score (nSPS) is 16.3. The van der Waals surface area contributed by atoms with Gasteiger partial charge in [-0.25, -0.2) is 12.7 Å². The molecule has 0 aliphatic carbocycles. The topological polar surface area (TPSA) is 84.3 Å². The van der Waals surface area contributed by atoms with Crippen molar-refractivity contribution < 1.29 is 13.2 Å². The Morgan fingerprint density at radius 3 is 2.50 bits per heavy atom. The summed E-state index contributed by atoms with van der Waals surface area (Å²) in [6.45, 7) is 1.03. The van der Waals surface area contributed by atoms with Gasteiger partial charge in [0.15, 0.2) is 5.82 Å². The lowest BCUT2D eigenvalue weighted by atomic mass is 9.97. The Bertz CT molecular complexity index is 986. The number of carbonyl (C=O) groups excluding carboxylic acids is 1. The average Bonchev–Trinajstić information content (AvgIpc) is 2.96. The number of hydrogen-bond donors (Lipinski definition) is 1. The summed E-state index contributed by atoms with van der Waals surface area (Å²) in [4.78, 5) is 12.5. The van der Waals surface area contributed by atoms with Crippen LogP contribution >= 0.6 is 34.8 Å². The molecule has 0 saturated carbocycles. The van der Waals surface area contributed by atoms with Crippen LogP contribution in [0.25, 0.3) is 0 Å². The third-order valence-electron chi connectivity index (χ3n) is 4.60. The molecule has 28 heavy (non-hydrogen) atoms. The van der Waals surface area contributed by atoms with Crippen molar-refractivity contribution in [1.29, 1.82) is 0 Å². The highest BCUT2D eigenvalue weighted by atomic mass is 35.5. The van der Waals surface area contributed by atoms with E-state index < -0.39 is 10.0 Å². The predicted molar refractivity (Wildman–Crippen MR) is 111 cm³/mol. The molecule has 1 aromatic heterocycles. The molecule has 152 valence electrons. The molecule has 1 amide bonds. The Morgan fingerprint density at radius 2 is 1.89 bits per heavy atom. The van der Waals surface area contributed by atoms with Gasteiger partial charge >= 0.3 is 0 Å². The Labute approximate surface area is 178 Å². The van der Waals surface area contributed by atoms with Gasteiger partial charge in [0, 0.05) is 35.2 Å². The highest BCUT2D eigenvalue weighted by Crippen LogP contribution is 2.26. The molecule has 1 aromatic carbocycles. The minimum absolute atomic E-state index is 0.218. The second kappa shape index (κ2) is 8.59. The number of rotatable bonds is 5. The van der Waals surface area contributed by atoms with Gasteiger partial charge in [0.25, 0.3) is 0 Å². The zero-order valence-corrected chi connectivity index (χ0v) is 18.1. The van der Waals surface area contributed by atoms with E-state index >= 15 is 0 Å². The van der Waals surface area contributed by atoms with Crippen LogP contribution < -0.4 is 5.32 Å². The molecule has 0 atom stereocenters. The van der Waals surface area contributed by atoms with Crippen molar-refractivity contribution >= 4 is 56.6 Å². The fourth-order valence-electron chi connectivity index (χ4n) is 3.06. The highest BCUT2D eigenvalue weighted by molar-refractivity contribution is 7.88. The van der Waals surface area contributed by atoms with Crippen LogP contribution in [0.2, 0.25) is 15.1 Å². The van der Waals surface area contributed by atoms with E-state index in [0.717, 1.165) is 5.56 Å². The van der Waals surface area contributed by atoms with Crippen LogP contribution in [0.4, 0.5) is 5.82 Å². The van der Waals surface area contributed by atoms with Crippen LogP contribution in [0.1, 0.15) is 18.4 Å². The molecule has 11 heteroatoms. The lowest BCUT2D eigenvalue weighted by Gasteiger charge is -2.29. The van der Waals surface area contributed by atoms with Gasteiger partial charge in [-0.05, 0) is 30.5 Å². The quantitative estimate of drug-likeness (QED) is 0.732. The Balaban J connectivity index is 1.63. The zero-order valence-electron chi connectivity index (χ0n) is 15.0. The number of hydrogen-bond acceptors (Lipinski definition) is 4. The summed E-state index contributed by atoms with van der Waals surface area (Å²) in [6.07, 6.45) is 3.69. The molecule has 2 aromatic rings. The number of sulfonamides is 1. The number of nitrogens with one attached hydrogen (secondary N) is 1. The number of piperidine rings is 1. The highest BCUT2D eigenvalue weighted by Gasteiger charge is 2.29. The van der Waals surface area contributed by atoms with E-state index in [1.54, 1.807) is 29.1 Å². The van der Waals surface area contributed by atoms with Crippen LogP contribution in [0.15, 0.2) is 24.4 Å². The maximum atomic E-state index is 12.5. The lowest BCUT2D eigenvalue weighted by Crippen LogP contribution is -2.40. The second-order valence-electron chi connectivity index (χ2n) is 6.68. The zero-order chi connectivity index (χ0) is 20.5. The first kappa shape index (κ1) is 21.4. The van der Waals surface area contributed by atoms with Crippen molar-refractivity contribution in [2.45, 2.75) is 19.4 Å². The van der Waals surface area contributed by atoms with Crippen LogP contribution in [0, 0.1) is 5.92 Å². The molecule has 0 bridgehead atoms. The van der Waals surface area contributed by atoms with Crippen LogP contribution in [0.3, 0.4) is 0 Å². The SMILES string of the molecule is CS(=O)(=O)N1CCC(C(=O)Nc2nn(Cc3ccc(Cl)cc3Cl)cc2Cl)CC1. The van der Waals surface area contributed by atoms with Gasteiger partial charge in [0.1, 0.15) is 5.02 Å². The molecule has 3 rings (SSSR count). The lowest BCUT2D eigenvalue weighted by molar-refractivity contribution is -0.120. The van der Waals surface area contributed by atoms with Gasteiger partial charge in [0.2, 0.25) is 15.9 Å². The maximum Gasteiger partial charge on any atom is 0.228 e. The van der Waals surface area contributed by atoms with E-state index in [0.29, 0.717) is 47.5 Å². The third kappa shape index (κ3) is 5.18. The predicted octanol–water partition coefficient (Wildman–Crippen LogP) is 3.50. The molecule has 7 nitrogen and oxygen atoms in total. The number of benzene rings is 1. The standard InChI is InChI=1S/C17H19Cl3N4O3S/c1-28(26,27)24-6-4-11(5-7-24)17(25)21-16-15(20)10-23(22-16)9-12-2-3-13(18)8-14(12)19/h2-3,8,10-11H,4-7,9H2,1H3,(H,21,22,25). The first-order chi connectivity index (χ1) is 13.1. The monoisotopic (exact) mass is 464 g/mol. The minimum Gasteiger partial charge on any atom is -0.308 e. The average molecular weight is 466 g/mol. The van der Waals surface area contributed by atoms with Crippen molar-refractivity contribution in [3.8, 4) is 0 Å². The first-order valence-electron chi connectivity index (χ1n) is 8.56. The van der Waals surface area contributed by atoms with E-state index in [-0.39, 0.29) is 17.6 Å². The summed E-state index contributed by atoms with van der Waals surface area (Å²) >= 11 is 18.3. The molecule has 1 N–H and O–H groups in total. The van der Waals surface area contributed by atoms with Crippen LogP contribution in [-0.4, -0.2) is 47.8 Å². The van der Waals surface area contributed by atoms with E-state index in [1.807, 2.05) is 0 Å². The van der Waals surface area contributed by atoms with Gasteiger partial charge in [-0.2, -0.15) is 5.10 Å². The summed E-state index contributed by atoms with van der Waals surface area (Å²) in [5, 5.41) is 8.42. The van der Waals surface area contributed by atoms with Crippen molar-refractivity contribution in [3.05, 3.63) is 45.0 Å². The fourth-order valence-corrected chi connectivity index (χ4v) is 4.60. The molecule has 1 fully saturated rings. The summed E-state index contributed by atoms with van der Waals surface area (Å²) in [5.41, 5.74) is 0.816. The van der Waals surface area contributed by atoms with Crippen molar-refractivity contribution in [3.63, 3.8) is 0 Å². The van der Waals surface area contributed by atoms with Gasteiger partial charge in [-0.15, -0.1) is 0 Å². The molecule has 0 unspecified atom stereocenters. The van der Waals surface area contributed by atoms with E-state index in [2.05, 4.69) is 10.4 Å². The molecule has 1 saturated heterocycles. The van der Waals surface area contributed by atoms with Gasteiger partial charge in [0.05, 0.1) is 12.8 Å². The second-order valence-corrected chi connectivity index (χ2v) is 9.92. The van der Waals surface area contributed by atoms with Gasteiger partial charge in [-0.1, -0.05) is 40.9 Å². The van der Waals surface area contributed by atoms with Crippen LogP contribution in [0.5, 0.6) is 0 Å². The van der Waals surface area contributed by atoms with Crippen molar-refractivity contribution in [2.75, 3.05) is 24.7 Å². The summed E-state index contributed by atoms with van der Waals surface area (Å²) < 4.78 is 26.1. The minimum atomic E-state index is -3.23. The summed E-state index contributed by atoms with van der Waals surface area (Å²) in [6, 6.07) is 5.18. The summed E-state index contributed by atoms with van der Waals surface area (Å²) in [7, 11) is -3.23. The van der Waals surface area contributed by atoms with Gasteiger partial charge in [-0.3, -0.25) is 9.48 Å². The van der Waals surface area contributed by atoms with Crippen molar-refractivity contribution in [1.82, 2.24) is 14.1 Å². The largest absolute Gasteiger partial charge is 0.308 e. The molecule has 2 heterocycles. The number of anilines is 1. The Kier molecular flexibility index (Phi) is 6.56. The number of carbonyl (C=O) groups is 1. The molecule has 0 radical (unpaired) electrons. The molecular formula is C17H19Cl3N4O3S. The summed E-state index contributed by atoms with van der Waals surface area (Å²) in [5.74, 6) is -0.239. The molecule has 1 aliphatic rings. The number of amides is 1. The van der Waals surface area contributed by atoms with Crippen LogP contribution in [-0.2, 0) is 21.4 Å². The number of aromatic nitrogens is 2. The third-order valence-corrected chi connectivity index (χ3v) is 6.77. The van der Waals surface area contributed by atoms with Gasteiger partial charge < -0.3 is 5.32 Å². The number of nitrogens with zero attached hydrogens (tertiary/aromatic N) is 3. The molecular weight excluding hydrogens is 447 g/mol. The Morgan fingerprint density at radius 1 is 1.21 bits per heavy atom. The Hall–Kier alpha value is -1.32. The van der Waals surface area contributed by atoms with Crippen molar-refractivity contribution in [2.24, 2.45) is 5.92 Å². The first-order valence-corrected chi connectivity index (χ1v) is 11.5. The van der Waals surface area contributed by atoms with E-state index in [1.165, 1.54) is 10.6 Å². The fraction of sp³-hybridized carbons (Fsp3) is 0.412. The number of halogens is 3.